The lowest BCUT2D eigenvalue weighted by atomic mass is 10.0. The van der Waals surface area contributed by atoms with Crippen molar-refractivity contribution in [2.24, 2.45) is 5.73 Å². The van der Waals surface area contributed by atoms with Crippen LogP contribution in [0.25, 0.3) is 16.8 Å². The van der Waals surface area contributed by atoms with Crippen LogP contribution in [0, 0.1) is 11.3 Å². The average Bonchev–Trinajstić information content (AvgIpc) is 2.50. The first-order chi connectivity index (χ1) is 10.2. The topological polar surface area (TPSA) is 76.1 Å². The van der Waals surface area contributed by atoms with Crippen LogP contribution in [0.4, 0.5) is 0 Å². The van der Waals surface area contributed by atoms with Crippen molar-refractivity contribution >= 4 is 22.8 Å². The fraction of sp³-hybridized carbons (Fsp3) is 0.0588. The minimum absolute atomic E-state index is 0.116. The van der Waals surface area contributed by atoms with Crippen LogP contribution in [-0.2, 0) is 4.79 Å². The van der Waals surface area contributed by atoms with E-state index >= 15 is 0 Å². The van der Waals surface area contributed by atoms with Crippen molar-refractivity contribution in [1.29, 1.82) is 5.26 Å². The Labute approximate surface area is 122 Å². The first-order valence-electron chi connectivity index (χ1n) is 6.34. The van der Waals surface area contributed by atoms with Gasteiger partial charge in [0, 0.05) is 5.56 Å². The first-order valence-corrected chi connectivity index (χ1v) is 6.34. The highest BCUT2D eigenvalue weighted by Crippen LogP contribution is 2.30. The lowest BCUT2D eigenvalue weighted by Crippen LogP contribution is -2.12. The summed E-state index contributed by atoms with van der Waals surface area (Å²) in [4.78, 5) is 11.3. The zero-order valence-electron chi connectivity index (χ0n) is 11.4. The van der Waals surface area contributed by atoms with Crippen LogP contribution >= 0.6 is 0 Å². The number of ether oxygens (including phenoxy) is 1. The Balaban J connectivity index is 2.69. The summed E-state index contributed by atoms with van der Waals surface area (Å²) in [5.74, 6) is -0.192. The number of nitrogens with two attached hydrogens (primary N) is 1. The minimum Gasteiger partial charge on any atom is -0.489 e. The molecule has 4 nitrogen and oxygen atoms in total. The molecule has 21 heavy (non-hydrogen) atoms. The van der Waals surface area contributed by atoms with E-state index in [1.54, 1.807) is 12.1 Å². The third kappa shape index (κ3) is 3.10. The van der Waals surface area contributed by atoms with Gasteiger partial charge in [0.05, 0.1) is 0 Å². The summed E-state index contributed by atoms with van der Waals surface area (Å²) < 4.78 is 5.60. The maximum Gasteiger partial charge on any atom is 0.259 e. The Hall–Kier alpha value is -3.06. The molecule has 2 N–H and O–H groups in total. The van der Waals surface area contributed by atoms with Crippen molar-refractivity contribution in [3.8, 4) is 11.8 Å². The van der Waals surface area contributed by atoms with Crippen molar-refractivity contribution in [2.75, 3.05) is 6.61 Å². The molecule has 2 aromatic rings. The molecule has 0 atom stereocenters. The van der Waals surface area contributed by atoms with E-state index in [9.17, 15) is 4.79 Å². The summed E-state index contributed by atoms with van der Waals surface area (Å²) in [6, 6.07) is 13.2. The highest BCUT2D eigenvalue weighted by molar-refractivity contribution is 6.04. The molecule has 0 radical (unpaired) electrons. The van der Waals surface area contributed by atoms with Crippen molar-refractivity contribution in [2.45, 2.75) is 0 Å². The lowest BCUT2D eigenvalue weighted by molar-refractivity contribution is -0.114. The number of nitriles is 1. The molecular weight excluding hydrogens is 264 g/mol. The number of hydrogen-bond acceptors (Lipinski definition) is 3. The second-order valence-electron chi connectivity index (χ2n) is 4.33. The fourth-order valence-corrected chi connectivity index (χ4v) is 2.00. The highest BCUT2D eigenvalue weighted by atomic mass is 16.5. The van der Waals surface area contributed by atoms with Crippen LogP contribution in [0.1, 0.15) is 5.56 Å². The van der Waals surface area contributed by atoms with Crippen LogP contribution < -0.4 is 10.5 Å². The molecule has 104 valence electrons. The Kier molecular flexibility index (Phi) is 4.37. The van der Waals surface area contributed by atoms with E-state index in [-0.39, 0.29) is 5.57 Å². The zero-order chi connectivity index (χ0) is 15.2. The molecule has 2 rings (SSSR count). The van der Waals surface area contributed by atoms with E-state index in [0.717, 1.165) is 10.8 Å². The van der Waals surface area contributed by atoms with Gasteiger partial charge in [-0.3, -0.25) is 4.79 Å². The van der Waals surface area contributed by atoms with Crippen LogP contribution in [-0.4, -0.2) is 12.5 Å². The zero-order valence-corrected chi connectivity index (χ0v) is 11.4. The number of rotatable bonds is 5. The van der Waals surface area contributed by atoms with Crippen molar-refractivity contribution < 1.29 is 9.53 Å². The number of nitrogens with zero attached hydrogens (tertiary/aromatic N) is 1. The van der Waals surface area contributed by atoms with Gasteiger partial charge < -0.3 is 10.5 Å². The molecule has 4 heteroatoms. The van der Waals surface area contributed by atoms with Gasteiger partial charge in [-0.05, 0) is 22.9 Å². The summed E-state index contributed by atoms with van der Waals surface area (Å²) in [6.45, 7) is 3.94. The Morgan fingerprint density at radius 2 is 2.10 bits per heavy atom. The van der Waals surface area contributed by atoms with Crippen molar-refractivity contribution in [1.82, 2.24) is 0 Å². The third-order valence-corrected chi connectivity index (χ3v) is 2.96. The molecule has 0 unspecified atom stereocenters. The van der Waals surface area contributed by atoms with Gasteiger partial charge in [-0.1, -0.05) is 43.0 Å². The molecule has 0 bridgehead atoms. The molecule has 2 aromatic carbocycles. The summed E-state index contributed by atoms with van der Waals surface area (Å²) in [5, 5.41) is 10.9. The number of amides is 1. The van der Waals surface area contributed by atoms with Crippen LogP contribution in [0.5, 0.6) is 5.75 Å². The predicted octanol–water partition coefficient (Wildman–Crippen LogP) is 2.80. The molecular formula is C17H14N2O2. The molecule has 0 saturated heterocycles. The number of benzene rings is 2. The Morgan fingerprint density at radius 1 is 1.33 bits per heavy atom. The van der Waals surface area contributed by atoms with Gasteiger partial charge in [0.1, 0.15) is 24.0 Å². The molecule has 0 aliphatic carbocycles. The monoisotopic (exact) mass is 278 g/mol. The van der Waals surface area contributed by atoms with E-state index < -0.39 is 5.91 Å². The van der Waals surface area contributed by atoms with Gasteiger partial charge >= 0.3 is 0 Å². The van der Waals surface area contributed by atoms with E-state index in [1.165, 1.54) is 6.08 Å². The van der Waals surface area contributed by atoms with E-state index in [2.05, 4.69) is 6.58 Å². The molecule has 1 amide bonds. The van der Waals surface area contributed by atoms with Gasteiger partial charge in [0.2, 0.25) is 0 Å². The largest absolute Gasteiger partial charge is 0.489 e. The quantitative estimate of drug-likeness (QED) is 0.519. The summed E-state index contributed by atoms with van der Waals surface area (Å²) in [6.07, 6.45) is 3.09. The Morgan fingerprint density at radius 3 is 2.76 bits per heavy atom. The molecule has 0 aliphatic rings. The average molecular weight is 278 g/mol. The maximum absolute atomic E-state index is 11.3. The van der Waals surface area contributed by atoms with Gasteiger partial charge in [0.15, 0.2) is 0 Å². The Bertz CT molecular complexity index is 770. The SMILES string of the molecule is C=CCOc1ccc2ccccc2c1/C=C(\C#N)C(N)=O. The predicted molar refractivity (Wildman–Crippen MR) is 82.4 cm³/mol. The van der Waals surface area contributed by atoms with Crippen molar-refractivity contribution in [3.63, 3.8) is 0 Å². The van der Waals surface area contributed by atoms with E-state index in [1.807, 2.05) is 36.4 Å². The fourth-order valence-electron chi connectivity index (χ4n) is 2.00. The van der Waals surface area contributed by atoms with Gasteiger partial charge in [-0.2, -0.15) is 5.26 Å². The molecule has 0 aromatic heterocycles. The minimum atomic E-state index is -0.764. The maximum atomic E-state index is 11.3. The van der Waals surface area contributed by atoms with Crippen molar-refractivity contribution in [3.05, 3.63) is 60.2 Å². The number of carbonyl (C=O) groups is 1. The number of fused-ring (bicyclic) bond motifs is 1. The van der Waals surface area contributed by atoms with E-state index in [0.29, 0.717) is 17.9 Å². The van der Waals surface area contributed by atoms with Gasteiger partial charge in [-0.25, -0.2) is 0 Å². The first kappa shape index (κ1) is 14.4. The third-order valence-electron chi connectivity index (χ3n) is 2.96. The highest BCUT2D eigenvalue weighted by Gasteiger charge is 2.10. The van der Waals surface area contributed by atoms with Crippen LogP contribution in [0.2, 0.25) is 0 Å². The lowest BCUT2D eigenvalue weighted by Gasteiger charge is -2.11. The molecule has 0 heterocycles. The number of carbonyl (C=O) groups excluding carboxylic acids is 1. The van der Waals surface area contributed by atoms with Crippen LogP contribution in [0.3, 0.4) is 0 Å². The molecule has 0 aliphatic heterocycles. The second kappa shape index (κ2) is 6.40. The van der Waals surface area contributed by atoms with Gasteiger partial charge in [-0.15, -0.1) is 0 Å². The molecule has 0 saturated carbocycles. The summed E-state index contributed by atoms with van der Waals surface area (Å²) in [5.41, 5.74) is 5.74. The van der Waals surface area contributed by atoms with Crippen LogP contribution in [0.15, 0.2) is 54.6 Å². The number of primary amides is 1. The summed E-state index contributed by atoms with van der Waals surface area (Å²) >= 11 is 0. The second-order valence-corrected chi connectivity index (χ2v) is 4.33. The molecule has 0 spiro atoms. The molecule has 0 fully saturated rings. The van der Waals surface area contributed by atoms with Gasteiger partial charge in [0.25, 0.3) is 5.91 Å². The summed E-state index contributed by atoms with van der Waals surface area (Å²) in [7, 11) is 0. The smallest absolute Gasteiger partial charge is 0.259 e. The number of hydrogen-bond donors (Lipinski definition) is 1. The van der Waals surface area contributed by atoms with E-state index in [4.69, 9.17) is 15.7 Å². The standard InChI is InChI=1S/C17H14N2O2/c1-2-9-21-16-8-7-12-5-3-4-6-14(12)15(16)10-13(11-18)17(19)20/h2-8,10H,1,9H2,(H2,19,20)/b13-10+. The normalized spacial score (nSPS) is 10.9.